The molecule has 0 aliphatic rings. The Morgan fingerprint density at radius 2 is 1.58 bits per heavy atom. The molecule has 0 aliphatic carbocycles. The van der Waals surface area contributed by atoms with Crippen molar-refractivity contribution in [3.8, 4) is 0 Å². The first-order valence-electron chi connectivity index (χ1n) is 7.31. The highest BCUT2D eigenvalue weighted by molar-refractivity contribution is 5.86. The van der Waals surface area contributed by atoms with Crippen LogP contribution in [0, 0.1) is 0 Å². The minimum atomic E-state index is -0.981. The second-order valence-corrected chi connectivity index (χ2v) is 5.00. The molecule has 0 radical (unpaired) electrons. The molecule has 2 atom stereocenters. The van der Waals surface area contributed by atoms with Crippen LogP contribution >= 0.6 is 0 Å². The Hall–Kier alpha value is -1.10. The lowest BCUT2D eigenvalue weighted by atomic mass is 10.1. The molecule has 0 aromatic carbocycles. The lowest BCUT2D eigenvalue weighted by molar-refractivity contribution is -0.142. The molecule has 5 nitrogen and oxygen atoms in total. The van der Waals surface area contributed by atoms with Crippen molar-refractivity contribution in [1.29, 1.82) is 0 Å². The van der Waals surface area contributed by atoms with Crippen molar-refractivity contribution in [2.75, 3.05) is 0 Å². The maximum atomic E-state index is 11.8. The molecule has 112 valence electrons. The van der Waals surface area contributed by atoms with Gasteiger partial charge in [0.25, 0.3) is 0 Å². The molecule has 0 aromatic heterocycles. The van der Waals surface area contributed by atoms with Crippen molar-refractivity contribution in [1.82, 2.24) is 5.32 Å². The number of nitrogens with two attached hydrogens (primary N) is 1. The van der Waals surface area contributed by atoms with Gasteiger partial charge in [-0.3, -0.25) is 4.79 Å². The zero-order valence-electron chi connectivity index (χ0n) is 12.2. The van der Waals surface area contributed by atoms with E-state index in [0.717, 1.165) is 38.5 Å². The lowest BCUT2D eigenvalue weighted by Crippen LogP contribution is -2.48. The van der Waals surface area contributed by atoms with Gasteiger partial charge in [-0.25, -0.2) is 4.79 Å². The van der Waals surface area contributed by atoms with Crippen molar-refractivity contribution in [3.63, 3.8) is 0 Å². The second-order valence-electron chi connectivity index (χ2n) is 5.00. The molecule has 1 amide bonds. The first kappa shape index (κ1) is 17.9. The SMILES string of the molecule is CCCCCC(N)C(=O)NC(CCCCC)C(=O)O. The fraction of sp³-hybridized carbons (Fsp3) is 0.857. The smallest absolute Gasteiger partial charge is 0.326 e. The topological polar surface area (TPSA) is 92.4 Å². The predicted molar refractivity (Wildman–Crippen MR) is 75.8 cm³/mol. The van der Waals surface area contributed by atoms with E-state index in [1.54, 1.807) is 0 Å². The Morgan fingerprint density at radius 1 is 1.05 bits per heavy atom. The number of nitrogens with one attached hydrogen (secondary N) is 1. The molecule has 0 aliphatic heterocycles. The zero-order chi connectivity index (χ0) is 14.7. The van der Waals surface area contributed by atoms with Crippen LogP contribution in [0.1, 0.15) is 65.2 Å². The predicted octanol–water partition coefficient (Wildman–Crippen LogP) is 2.04. The Labute approximate surface area is 115 Å². The van der Waals surface area contributed by atoms with Gasteiger partial charge in [0.05, 0.1) is 6.04 Å². The van der Waals surface area contributed by atoms with E-state index >= 15 is 0 Å². The summed E-state index contributed by atoms with van der Waals surface area (Å²) in [6.45, 7) is 4.14. The second kappa shape index (κ2) is 10.8. The van der Waals surface area contributed by atoms with Crippen LogP contribution in [0.3, 0.4) is 0 Å². The fourth-order valence-corrected chi connectivity index (χ4v) is 1.88. The van der Waals surface area contributed by atoms with Crippen LogP contribution in [0.5, 0.6) is 0 Å². The van der Waals surface area contributed by atoms with Crippen molar-refractivity contribution in [2.24, 2.45) is 5.73 Å². The van der Waals surface area contributed by atoms with Crippen LogP contribution in [-0.4, -0.2) is 29.1 Å². The summed E-state index contributed by atoms with van der Waals surface area (Å²) in [5.41, 5.74) is 5.76. The van der Waals surface area contributed by atoms with Crippen molar-refractivity contribution in [2.45, 2.75) is 77.3 Å². The van der Waals surface area contributed by atoms with E-state index in [1.165, 1.54) is 0 Å². The summed E-state index contributed by atoms with van der Waals surface area (Å²) in [5.74, 6) is -1.33. The molecule has 19 heavy (non-hydrogen) atoms. The molecule has 4 N–H and O–H groups in total. The number of carboxylic acids is 1. The van der Waals surface area contributed by atoms with Crippen LogP contribution in [0.2, 0.25) is 0 Å². The largest absolute Gasteiger partial charge is 0.480 e. The molecule has 0 rings (SSSR count). The molecule has 2 unspecified atom stereocenters. The number of amides is 1. The number of hydrogen-bond acceptors (Lipinski definition) is 3. The Bertz CT molecular complexity index is 269. The van der Waals surface area contributed by atoms with Gasteiger partial charge in [-0.15, -0.1) is 0 Å². The minimum absolute atomic E-state index is 0.347. The first-order valence-corrected chi connectivity index (χ1v) is 7.31. The third-order valence-corrected chi connectivity index (χ3v) is 3.17. The number of rotatable bonds is 11. The van der Waals surface area contributed by atoms with Gasteiger partial charge in [-0.1, -0.05) is 52.4 Å². The molecule has 0 aromatic rings. The fourth-order valence-electron chi connectivity index (χ4n) is 1.88. The summed E-state index contributed by atoms with van der Waals surface area (Å²) >= 11 is 0. The highest BCUT2D eigenvalue weighted by Crippen LogP contribution is 2.06. The van der Waals surface area contributed by atoms with Gasteiger partial charge in [0.15, 0.2) is 0 Å². The Balaban J connectivity index is 4.11. The third-order valence-electron chi connectivity index (χ3n) is 3.17. The minimum Gasteiger partial charge on any atom is -0.480 e. The van der Waals surface area contributed by atoms with Gasteiger partial charge in [-0.05, 0) is 12.8 Å². The normalized spacial score (nSPS) is 13.8. The molecule has 0 heterocycles. The van der Waals surface area contributed by atoms with Gasteiger partial charge < -0.3 is 16.2 Å². The average molecular weight is 272 g/mol. The summed E-state index contributed by atoms with van der Waals surface area (Å²) in [6, 6.07) is -1.41. The maximum Gasteiger partial charge on any atom is 0.326 e. The first-order chi connectivity index (χ1) is 9.02. The molecule has 0 spiro atoms. The lowest BCUT2D eigenvalue weighted by Gasteiger charge is -2.17. The monoisotopic (exact) mass is 272 g/mol. The van der Waals surface area contributed by atoms with Crippen LogP contribution in [0.4, 0.5) is 0 Å². The van der Waals surface area contributed by atoms with E-state index in [0.29, 0.717) is 12.8 Å². The summed E-state index contributed by atoms with van der Waals surface area (Å²) in [5, 5.41) is 11.6. The summed E-state index contributed by atoms with van der Waals surface area (Å²) in [7, 11) is 0. The number of aliphatic carboxylic acids is 1. The number of carbonyl (C=O) groups excluding carboxylic acids is 1. The molecular weight excluding hydrogens is 244 g/mol. The zero-order valence-corrected chi connectivity index (χ0v) is 12.2. The van der Waals surface area contributed by atoms with Gasteiger partial charge in [0.1, 0.15) is 6.04 Å². The van der Waals surface area contributed by atoms with Gasteiger partial charge >= 0.3 is 5.97 Å². The van der Waals surface area contributed by atoms with E-state index in [4.69, 9.17) is 10.8 Å². The average Bonchev–Trinajstić information content (AvgIpc) is 2.37. The van der Waals surface area contributed by atoms with E-state index in [1.807, 2.05) is 0 Å². The number of unbranched alkanes of at least 4 members (excludes halogenated alkanes) is 4. The summed E-state index contributed by atoms with van der Waals surface area (Å²) in [6.07, 6.45) is 6.90. The van der Waals surface area contributed by atoms with Crippen LogP contribution < -0.4 is 11.1 Å². The number of carbonyl (C=O) groups is 2. The van der Waals surface area contributed by atoms with Gasteiger partial charge in [0, 0.05) is 0 Å². The van der Waals surface area contributed by atoms with E-state index in [2.05, 4.69) is 19.2 Å². The molecule has 0 bridgehead atoms. The Kier molecular flexibility index (Phi) is 10.2. The quantitative estimate of drug-likeness (QED) is 0.502. The molecule has 0 saturated carbocycles. The van der Waals surface area contributed by atoms with E-state index in [9.17, 15) is 9.59 Å². The van der Waals surface area contributed by atoms with E-state index in [-0.39, 0.29) is 5.91 Å². The third kappa shape index (κ3) is 8.59. The standard InChI is InChI=1S/C14H28N2O3/c1-3-5-7-9-11(15)13(17)16-12(14(18)19)10-8-6-4-2/h11-12H,3-10,15H2,1-2H3,(H,16,17)(H,18,19). The van der Waals surface area contributed by atoms with Crippen LogP contribution in [-0.2, 0) is 9.59 Å². The van der Waals surface area contributed by atoms with Gasteiger partial charge in [0.2, 0.25) is 5.91 Å². The summed E-state index contributed by atoms with van der Waals surface area (Å²) < 4.78 is 0. The Morgan fingerprint density at radius 3 is 2.05 bits per heavy atom. The van der Waals surface area contributed by atoms with Crippen molar-refractivity contribution >= 4 is 11.9 Å². The molecule has 0 saturated heterocycles. The highest BCUT2D eigenvalue weighted by Gasteiger charge is 2.22. The van der Waals surface area contributed by atoms with Gasteiger partial charge in [-0.2, -0.15) is 0 Å². The molecule has 0 fully saturated rings. The maximum absolute atomic E-state index is 11.8. The number of hydrogen-bond donors (Lipinski definition) is 3. The van der Waals surface area contributed by atoms with Crippen LogP contribution in [0.15, 0.2) is 0 Å². The van der Waals surface area contributed by atoms with Crippen molar-refractivity contribution < 1.29 is 14.7 Å². The van der Waals surface area contributed by atoms with Crippen LogP contribution in [0.25, 0.3) is 0 Å². The highest BCUT2D eigenvalue weighted by atomic mass is 16.4. The number of carboxylic acid groups (broad SMARTS) is 1. The molecule has 5 heteroatoms. The molecular formula is C14H28N2O3. The summed E-state index contributed by atoms with van der Waals surface area (Å²) in [4.78, 5) is 22.8. The van der Waals surface area contributed by atoms with Crippen molar-refractivity contribution in [3.05, 3.63) is 0 Å². The van der Waals surface area contributed by atoms with E-state index < -0.39 is 18.1 Å².